The summed E-state index contributed by atoms with van der Waals surface area (Å²) in [6, 6.07) is 19.2. The number of hydrogen-bond donors (Lipinski definition) is 3. The molecule has 0 amide bonds. The minimum absolute atomic E-state index is 0.331. The number of nitro benzene ring substituents is 2. The molecule has 11 heteroatoms. The third-order valence-electron chi connectivity index (χ3n) is 3.41. The van der Waals surface area contributed by atoms with Gasteiger partial charge in [0.2, 0.25) is 0 Å². The Kier molecular flexibility index (Phi) is 9.31. The molecule has 0 aliphatic carbocycles. The molecule has 3 rings (SSSR count). The molecule has 0 fully saturated rings. The standard InChI is InChI=1S/2C7H6O2.C6H4N2O5/c2*8-7(9)6-4-2-1-3-5-6;9-6-2-1-4(7(10)11)3-5(6)8(12)13/h2*1-5H,(H,8,9);1-3,9H. The van der Waals surface area contributed by atoms with Gasteiger partial charge in [0.15, 0.2) is 5.75 Å². The topological polar surface area (TPSA) is 181 Å². The quantitative estimate of drug-likeness (QED) is 0.409. The highest BCUT2D eigenvalue weighted by molar-refractivity contribution is 5.87. The molecule has 0 heterocycles. The number of rotatable bonds is 4. The van der Waals surface area contributed by atoms with Gasteiger partial charge < -0.3 is 15.3 Å². The van der Waals surface area contributed by atoms with Gasteiger partial charge in [-0.3, -0.25) is 20.2 Å². The molecule has 0 radical (unpaired) electrons. The molecule has 11 nitrogen and oxygen atoms in total. The van der Waals surface area contributed by atoms with E-state index in [1.807, 2.05) is 0 Å². The number of hydrogen-bond acceptors (Lipinski definition) is 7. The van der Waals surface area contributed by atoms with E-state index in [-0.39, 0.29) is 0 Å². The first-order chi connectivity index (χ1) is 14.6. The molecule has 0 aromatic heterocycles. The fourth-order valence-corrected chi connectivity index (χ4v) is 1.93. The summed E-state index contributed by atoms with van der Waals surface area (Å²) in [6.07, 6.45) is 0. The van der Waals surface area contributed by atoms with Crippen LogP contribution in [0, 0.1) is 20.2 Å². The van der Waals surface area contributed by atoms with Crippen LogP contribution in [-0.4, -0.2) is 37.1 Å². The van der Waals surface area contributed by atoms with Crippen molar-refractivity contribution in [2.24, 2.45) is 0 Å². The number of carbonyl (C=O) groups is 2. The second-order valence-electron chi connectivity index (χ2n) is 5.53. The van der Waals surface area contributed by atoms with Crippen molar-refractivity contribution in [3.63, 3.8) is 0 Å². The average Bonchev–Trinajstić information content (AvgIpc) is 2.76. The largest absolute Gasteiger partial charge is 0.502 e. The molecule has 160 valence electrons. The van der Waals surface area contributed by atoms with Crippen molar-refractivity contribution in [2.75, 3.05) is 0 Å². The molecule has 3 aromatic carbocycles. The van der Waals surface area contributed by atoms with Crippen LogP contribution in [0.3, 0.4) is 0 Å². The fourth-order valence-electron chi connectivity index (χ4n) is 1.93. The zero-order chi connectivity index (χ0) is 23.4. The number of carboxylic acid groups (broad SMARTS) is 2. The van der Waals surface area contributed by atoms with Crippen molar-refractivity contribution in [2.45, 2.75) is 0 Å². The number of non-ortho nitro benzene ring substituents is 1. The van der Waals surface area contributed by atoms with E-state index in [0.29, 0.717) is 17.2 Å². The van der Waals surface area contributed by atoms with Crippen LogP contribution in [0.2, 0.25) is 0 Å². The summed E-state index contributed by atoms with van der Waals surface area (Å²) >= 11 is 0. The van der Waals surface area contributed by atoms with Crippen LogP contribution < -0.4 is 0 Å². The Hall–Kier alpha value is -4.80. The third kappa shape index (κ3) is 8.39. The first-order valence-electron chi connectivity index (χ1n) is 8.32. The van der Waals surface area contributed by atoms with Crippen LogP contribution in [-0.2, 0) is 0 Å². The molecule has 0 saturated heterocycles. The number of nitro groups is 2. The minimum Gasteiger partial charge on any atom is -0.502 e. The van der Waals surface area contributed by atoms with Gasteiger partial charge in [-0.15, -0.1) is 0 Å². The van der Waals surface area contributed by atoms with Crippen LogP contribution in [0.15, 0.2) is 78.9 Å². The Morgan fingerprint density at radius 2 is 1.10 bits per heavy atom. The lowest BCUT2D eigenvalue weighted by molar-refractivity contribution is -0.394. The Morgan fingerprint density at radius 3 is 1.39 bits per heavy atom. The van der Waals surface area contributed by atoms with Crippen molar-refractivity contribution in [1.29, 1.82) is 0 Å². The van der Waals surface area contributed by atoms with Gasteiger partial charge in [-0.25, -0.2) is 9.59 Å². The Balaban J connectivity index is 0.000000239. The van der Waals surface area contributed by atoms with Crippen molar-refractivity contribution >= 4 is 23.3 Å². The molecule has 0 unspecified atom stereocenters. The molecule has 0 aliphatic heterocycles. The number of aromatic hydroxyl groups is 1. The van der Waals surface area contributed by atoms with Crippen molar-refractivity contribution in [1.82, 2.24) is 0 Å². The second-order valence-corrected chi connectivity index (χ2v) is 5.53. The number of phenolic OH excluding ortho intramolecular Hbond substituents is 1. The molecule has 0 bridgehead atoms. The molecular weight excluding hydrogens is 412 g/mol. The van der Waals surface area contributed by atoms with Gasteiger partial charge in [0.1, 0.15) is 0 Å². The van der Waals surface area contributed by atoms with Crippen molar-refractivity contribution < 1.29 is 34.8 Å². The van der Waals surface area contributed by atoms with Gasteiger partial charge >= 0.3 is 17.6 Å². The normalized spacial score (nSPS) is 9.16. The lowest BCUT2D eigenvalue weighted by Gasteiger charge is -1.94. The van der Waals surface area contributed by atoms with Crippen LogP contribution >= 0.6 is 0 Å². The molecule has 0 atom stereocenters. The van der Waals surface area contributed by atoms with E-state index in [4.69, 9.17) is 15.3 Å². The molecule has 3 aromatic rings. The van der Waals surface area contributed by atoms with Crippen LogP contribution in [0.4, 0.5) is 11.4 Å². The predicted molar refractivity (Wildman–Crippen MR) is 108 cm³/mol. The summed E-state index contributed by atoms with van der Waals surface area (Å²) in [5.74, 6) is -2.35. The lowest BCUT2D eigenvalue weighted by atomic mass is 10.2. The van der Waals surface area contributed by atoms with E-state index in [2.05, 4.69) is 0 Å². The molecule has 0 aliphatic rings. The maximum absolute atomic E-state index is 10.2. The molecular formula is C20H16N2O9. The highest BCUT2D eigenvalue weighted by Crippen LogP contribution is 2.29. The van der Waals surface area contributed by atoms with E-state index >= 15 is 0 Å². The van der Waals surface area contributed by atoms with Gasteiger partial charge in [0, 0.05) is 6.07 Å². The molecule has 31 heavy (non-hydrogen) atoms. The Labute approximate surface area is 174 Å². The first kappa shape index (κ1) is 24.2. The fraction of sp³-hybridized carbons (Fsp3) is 0. The zero-order valence-electron chi connectivity index (χ0n) is 15.7. The summed E-state index contributed by atoms with van der Waals surface area (Å²) in [4.78, 5) is 39.2. The molecule has 0 saturated carbocycles. The van der Waals surface area contributed by atoms with E-state index in [1.165, 1.54) is 0 Å². The van der Waals surface area contributed by atoms with Gasteiger partial charge in [-0.05, 0) is 30.3 Å². The van der Waals surface area contributed by atoms with Gasteiger partial charge in [0.25, 0.3) is 5.69 Å². The molecule has 3 N–H and O–H groups in total. The third-order valence-corrected chi connectivity index (χ3v) is 3.41. The van der Waals surface area contributed by atoms with E-state index in [0.717, 1.165) is 12.1 Å². The summed E-state index contributed by atoms with van der Waals surface area (Å²) in [5, 5.41) is 46.1. The lowest BCUT2D eigenvalue weighted by Crippen LogP contribution is -1.93. The van der Waals surface area contributed by atoms with Crippen LogP contribution in [0.1, 0.15) is 20.7 Å². The van der Waals surface area contributed by atoms with E-state index in [1.54, 1.807) is 60.7 Å². The maximum atomic E-state index is 10.2. The monoisotopic (exact) mass is 428 g/mol. The second kappa shape index (κ2) is 11.9. The summed E-state index contributed by atoms with van der Waals surface area (Å²) < 4.78 is 0. The number of phenols is 1. The minimum atomic E-state index is -0.887. The summed E-state index contributed by atoms with van der Waals surface area (Å²) in [6.45, 7) is 0. The highest BCUT2D eigenvalue weighted by atomic mass is 16.6. The van der Waals surface area contributed by atoms with Gasteiger partial charge in [0.05, 0.1) is 27.0 Å². The average molecular weight is 428 g/mol. The number of aromatic carboxylic acids is 2. The van der Waals surface area contributed by atoms with E-state index < -0.39 is 38.9 Å². The Bertz CT molecular complexity index is 1010. The number of carboxylic acids is 2. The summed E-state index contributed by atoms with van der Waals surface area (Å²) in [5.41, 5.74) is -0.436. The van der Waals surface area contributed by atoms with Gasteiger partial charge in [-0.1, -0.05) is 36.4 Å². The SMILES string of the molecule is O=C(O)c1ccccc1.O=C(O)c1ccccc1.O=[N+]([O-])c1ccc(O)c([N+](=O)[O-])c1. The first-order valence-corrected chi connectivity index (χ1v) is 8.32. The van der Waals surface area contributed by atoms with Crippen LogP contribution in [0.25, 0.3) is 0 Å². The van der Waals surface area contributed by atoms with Crippen molar-refractivity contribution in [3.8, 4) is 5.75 Å². The van der Waals surface area contributed by atoms with Crippen LogP contribution in [0.5, 0.6) is 5.75 Å². The molecule has 0 spiro atoms. The maximum Gasteiger partial charge on any atom is 0.335 e. The number of nitrogens with zero attached hydrogens (tertiary/aromatic N) is 2. The highest BCUT2D eigenvalue weighted by Gasteiger charge is 2.18. The summed E-state index contributed by atoms with van der Waals surface area (Å²) in [7, 11) is 0. The van der Waals surface area contributed by atoms with E-state index in [9.17, 15) is 29.8 Å². The zero-order valence-corrected chi connectivity index (χ0v) is 15.7. The van der Waals surface area contributed by atoms with Gasteiger partial charge in [-0.2, -0.15) is 0 Å². The Morgan fingerprint density at radius 1 is 0.677 bits per heavy atom. The smallest absolute Gasteiger partial charge is 0.335 e. The predicted octanol–water partition coefficient (Wildman–Crippen LogP) is 3.98. The number of benzene rings is 3. The van der Waals surface area contributed by atoms with Crippen molar-refractivity contribution in [3.05, 3.63) is 110 Å².